The Balaban J connectivity index is 0.000000861. The van der Waals surface area contributed by atoms with Crippen molar-refractivity contribution in [3.8, 4) is 0 Å². The minimum atomic E-state index is 0.400. The molecule has 0 atom stereocenters. The third-order valence-corrected chi connectivity index (χ3v) is 4.44. The molecule has 0 bridgehead atoms. The zero-order chi connectivity index (χ0) is 13.9. The molecule has 0 radical (unpaired) electrons. The summed E-state index contributed by atoms with van der Waals surface area (Å²) >= 11 is 0. The van der Waals surface area contributed by atoms with E-state index in [0.29, 0.717) is 5.91 Å². The average Bonchev–Trinajstić information content (AvgIpc) is 2.72. The van der Waals surface area contributed by atoms with Crippen molar-refractivity contribution in [3.05, 3.63) is 0 Å². The number of hydrogen-bond donors (Lipinski definition) is 0. The van der Waals surface area contributed by atoms with Crippen LogP contribution in [0.4, 0.5) is 0 Å². The van der Waals surface area contributed by atoms with Gasteiger partial charge in [-0.05, 0) is 31.6 Å². The summed E-state index contributed by atoms with van der Waals surface area (Å²) in [6.07, 6.45) is 14.3. The van der Waals surface area contributed by atoms with Gasteiger partial charge in [0.15, 0.2) is 0 Å². The summed E-state index contributed by atoms with van der Waals surface area (Å²) in [5.41, 5.74) is 0. The smallest absolute Gasteiger partial charge is 0.222 e. The highest BCUT2D eigenvalue weighted by Crippen LogP contribution is 2.26. The standard InChI is InChI=1S/C15H27NO.C2H6/c17-15-11-5-6-12-16(15)13-7-10-14-8-3-1-2-4-9-14;1-2/h14H,1-13H2;1-2H3. The molecule has 0 aromatic heterocycles. The lowest BCUT2D eigenvalue weighted by atomic mass is 9.95. The largest absolute Gasteiger partial charge is 0.343 e. The third-order valence-electron chi connectivity index (χ3n) is 4.44. The van der Waals surface area contributed by atoms with Crippen LogP contribution < -0.4 is 0 Å². The molecule has 1 aliphatic carbocycles. The summed E-state index contributed by atoms with van der Waals surface area (Å²) in [5, 5.41) is 0. The van der Waals surface area contributed by atoms with Crippen molar-refractivity contribution in [2.45, 2.75) is 84.5 Å². The Morgan fingerprint density at radius 3 is 2.32 bits per heavy atom. The first kappa shape index (κ1) is 16.5. The number of piperidine rings is 1. The molecule has 1 aliphatic heterocycles. The maximum Gasteiger partial charge on any atom is 0.222 e. The van der Waals surface area contributed by atoms with E-state index >= 15 is 0 Å². The molecular weight excluding hydrogens is 234 g/mol. The van der Waals surface area contributed by atoms with Gasteiger partial charge in [0.1, 0.15) is 0 Å². The summed E-state index contributed by atoms with van der Waals surface area (Å²) < 4.78 is 0. The van der Waals surface area contributed by atoms with E-state index in [2.05, 4.69) is 4.90 Å². The van der Waals surface area contributed by atoms with Crippen LogP contribution in [0.15, 0.2) is 0 Å². The highest BCUT2D eigenvalue weighted by Gasteiger charge is 2.18. The molecule has 2 fully saturated rings. The van der Waals surface area contributed by atoms with Gasteiger partial charge in [-0.3, -0.25) is 4.79 Å². The van der Waals surface area contributed by atoms with Gasteiger partial charge in [0.05, 0.1) is 0 Å². The Morgan fingerprint density at radius 2 is 1.68 bits per heavy atom. The summed E-state index contributed by atoms with van der Waals surface area (Å²) in [6, 6.07) is 0. The van der Waals surface area contributed by atoms with Crippen molar-refractivity contribution < 1.29 is 4.79 Å². The second-order valence-electron chi connectivity index (χ2n) is 5.84. The maximum atomic E-state index is 11.7. The zero-order valence-corrected chi connectivity index (χ0v) is 13.1. The van der Waals surface area contributed by atoms with Crippen LogP contribution in [0.1, 0.15) is 84.5 Å². The molecule has 19 heavy (non-hydrogen) atoms. The second kappa shape index (κ2) is 10.3. The van der Waals surface area contributed by atoms with Crippen molar-refractivity contribution in [1.82, 2.24) is 4.90 Å². The van der Waals surface area contributed by atoms with E-state index in [1.165, 1.54) is 57.8 Å². The molecule has 2 heteroatoms. The SMILES string of the molecule is CC.O=C1CCCCN1CCCC1CCCCCC1. The van der Waals surface area contributed by atoms with Crippen molar-refractivity contribution in [3.63, 3.8) is 0 Å². The molecule has 2 aliphatic rings. The maximum absolute atomic E-state index is 11.7. The molecule has 2 nitrogen and oxygen atoms in total. The molecule has 1 saturated carbocycles. The van der Waals surface area contributed by atoms with Crippen LogP contribution in [0.25, 0.3) is 0 Å². The van der Waals surface area contributed by atoms with Gasteiger partial charge >= 0.3 is 0 Å². The Labute approximate surface area is 119 Å². The highest BCUT2D eigenvalue weighted by atomic mass is 16.2. The fourth-order valence-electron chi connectivity index (χ4n) is 3.32. The molecule has 2 rings (SSSR count). The minimum absolute atomic E-state index is 0.400. The highest BCUT2D eigenvalue weighted by molar-refractivity contribution is 5.76. The molecule has 0 spiro atoms. The van der Waals surface area contributed by atoms with Crippen LogP contribution in [0.2, 0.25) is 0 Å². The molecule has 0 aromatic rings. The number of carbonyl (C=O) groups is 1. The van der Waals surface area contributed by atoms with Crippen LogP contribution in [-0.4, -0.2) is 23.9 Å². The normalized spacial score (nSPS) is 21.6. The molecule has 1 amide bonds. The van der Waals surface area contributed by atoms with Gasteiger partial charge < -0.3 is 4.90 Å². The lowest BCUT2D eigenvalue weighted by molar-refractivity contribution is -0.133. The fourth-order valence-corrected chi connectivity index (χ4v) is 3.32. The predicted molar refractivity (Wildman–Crippen MR) is 82.2 cm³/mol. The molecule has 1 saturated heterocycles. The van der Waals surface area contributed by atoms with Crippen molar-refractivity contribution in [1.29, 1.82) is 0 Å². The first-order chi connectivity index (χ1) is 9.36. The summed E-state index contributed by atoms with van der Waals surface area (Å²) in [6.45, 7) is 6.04. The Hall–Kier alpha value is -0.530. The van der Waals surface area contributed by atoms with E-state index in [1.807, 2.05) is 13.8 Å². The lowest BCUT2D eigenvalue weighted by Crippen LogP contribution is -2.36. The van der Waals surface area contributed by atoms with E-state index in [0.717, 1.165) is 31.8 Å². The topological polar surface area (TPSA) is 20.3 Å². The quantitative estimate of drug-likeness (QED) is 0.671. The minimum Gasteiger partial charge on any atom is -0.343 e. The van der Waals surface area contributed by atoms with Gasteiger partial charge in [0, 0.05) is 19.5 Å². The Kier molecular flexibility index (Phi) is 8.94. The van der Waals surface area contributed by atoms with E-state index < -0.39 is 0 Å². The van der Waals surface area contributed by atoms with Gasteiger partial charge in [-0.1, -0.05) is 52.4 Å². The second-order valence-corrected chi connectivity index (χ2v) is 5.84. The third kappa shape index (κ3) is 6.44. The molecule has 1 heterocycles. The van der Waals surface area contributed by atoms with Crippen LogP contribution in [0, 0.1) is 5.92 Å². The van der Waals surface area contributed by atoms with E-state index in [-0.39, 0.29) is 0 Å². The van der Waals surface area contributed by atoms with Crippen LogP contribution >= 0.6 is 0 Å². The zero-order valence-electron chi connectivity index (χ0n) is 13.1. The Morgan fingerprint density at radius 1 is 1.00 bits per heavy atom. The van der Waals surface area contributed by atoms with Gasteiger partial charge in [0.25, 0.3) is 0 Å². The van der Waals surface area contributed by atoms with Crippen LogP contribution in [-0.2, 0) is 4.79 Å². The molecule has 0 N–H and O–H groups in total. The van der Waals surface area contributed by atoms with E-state index in [1.54, 1.807) is 0 Å². The number of rotatable bonds is 4. The summed E-state index contributed by atoms with van der Waals surface area (Å²) in [7, 11) is 0. The van der Waals surface area contributed by atoms with Crippen LogP contribution in [0.5, 0.6) is 0 Å². The summed E-state index contributed by atoms with van der Waals surface area (Å²) in [5.74, 6) is 1.36. The summed E-state index contributed by atoms with van der Waals surface area (Å²) in [4.78, 5) is 13.8. The average molecular weight is 267 g/mol. The van der Waals surface area contributed by atoms with Crippen molar-refractivity contribution >= 4 is 5.91 Å². The number of nitrogens with zero attached hydrogens (tertiary/aromatic N) is 1. The van der Waals surface area contributed by atoms with Crippen molar-refractivity contribution in [2.24, 2.45) is 5.92 Å². The first-order valence-electron chi connectivity index (χ1n) is 8.64. The molecule has 0 unspecified atom stereocenters. The van der Waals surface area contributed by atoms with E-state index in [4.69, 9.17) is 0 Å². The fraction of sp³-hybridized carbons (Fsp3) is 0.941. The Bertz CT molecular complexity index is 231. The monoisotopic (exact) mass is 267 g/mol. The molecule has 112 valence electrons. The molecular formula is C17H33NO. The number of likely N-dealkylation sites (tertiary alicyclic amines) is 1. The number of amides is 1. The number of hydrogen-bond acceptors (Lipinski definition) is 1. The number of carbonyl (C=O) groups excluding carboxylic acids is 1. The van der Waals surface area contributed by atoms with Crippen molar-refractivity contribution in [2.75, 3.05) is 13.1 Å². The molecule has 0 aromatic carbocycles. The van der Waals surface area contributed by atoms with Gasteiger partial charge in [0.2, 0.25) is 5.91 Å². The first-order valence-corrected chi connectivity index (χ1v) is 8.64. The van der Waals surface area contributed by atoms with Gasteiger partial charge in [-0.2, -0.15) is 0 Å². The van der Waals surface area contributed by atoms with Gasteiger partial charge in [-0.25, -0.2) is 0 Å². The van der Waals surface area contributed by atoms with Gasteiger partial charge in [-0.15, -0.1) is 0 Å². The van der Waals surface area contributed by atoms with Crippen LogP contribution in [0.3, 0.4) is 0 Å². The lowest BCUT2D eigenvalue weighted by Gasteiger charge is -2.27. The van der Waals surface area contributed by atoms with E-state index in [9.17, 15) is 4.79 Å². The predicted octanol–water partition coefficient (Wildman–Crippen LogP) is 4.78.